The van der Waals surface area contributed by atoms with E-state index >= 15 is 0 Å². The molecule has 3 atom stereocenters. The second-order valence-electron chi connectivity index (χ2n) is 10.1. The predicted molar refractivity (Wildman–Crippen MR) is 140 cm³/mol. The molecule has 5 nitrogen and oxygen atoms in total. The number of ether oxygens (including phenoxy) is 1. The zero-order chi connectivity index (χ0) is 24.3. The zero-order valence-electron chi connectivity index (χ0n) is 21.3. The molecule has 0 saturated carbocycles. The van der Waals surface area contributed by atoms with Crippen LogP contribution in [-0.2, 0) is 4.74 Å². The van der Waals surface area contributed by atoms with E-state index in [1.807, 2.05) is 6.92 Å². The molecule has 5 heteroatoms. The Morgan fingerprint density at radius 3 is 2.71 bits per heavy atom. The number of aryl methyl sites for hydroxylation is 1. The first-order valence-electron chi connectivity index (χ1n) is 12.6. The van der Waals surface area contributed by atoms with Gasteiger partial charge in [-0.25, -0.2) is 0 Å². The van der Waals surface area contributed by atoms with Crippen molar-refractivity contribution in [3.8, 4) is 0 Å². The topological polar surface area (TPSA) is 56.8 Å². The maximum Gasteiger partial charge on any atom is 0.115 e. The van der Waals surface area contributed by atoms with E-state index < -0.39 is 6.23 Å². The summed E-state index contributed by atoms with van der Waals surface area (Å²) in [5.41, 5.74) is 5.87. The van der Waals surface area contributed by atoms with Gasteiger partial charge in [-0.05, 0) is 75.3 Å². The molecule has 1 aliphatic carbocycles. The number of nitrogens with zero attached hydrogens (tertiary/aromatic N) is 1. The minimum atomic E-state index is -0.509. The van der Waals surface area contributed by atoms with Crippen molar-refractivity contribution < 1.29 is 9.84 Å². The third-order valence-electron chi connectivity index (χ3n) is 7.54. The lowest BCUT2D eigenvalue weighted by Crippen LogP contribution is -2.56. The number of benzene rings is 1. The number of methoxy groups -OCH3 is 1. The van der Waals surface area contributed by atoms with Crippen LogP contribution in [0.25, 0.3) is 0 Å². The van der Waals surface area contributed by atoms with E-state index in [9.17, 15) is 5.11 Å². The van der Waals surface area contributed by atoms with Crippen molar-refractivity contribution in [2.75, 3.05) is 30.8 Å². The number of likely N-dealkylation sites (tertiary alicyclic amines) is 1. The van der Waals surface area contributed by atoms with Crippen molar-refractivity contribution in [2.24, 2.45) is 11.8 Å². The Kier molecular flexibility index (Phi) is 7.54. The smallest absolute Gasteiger partial charge is 0.115 e. The Bertz CT molecular complexity index is 999. The monoisotopic (exact) mass is 462 g/mol. The minimum absolute atomic E-state index is 0.0551. The summed E-state index contributed by atoms with van der Waals surface area (Å²) in [6, 6.07) is 6.55. The van der Waals surface area contributed by atoms with Gasteiger partial charge in [-0.3, -0.25) is 11.0 Å². The molecule has 2 heterocycles. The van der Waals surface area contributed by atoms with Gasteiger partial charge in [0, 0.05) is 24.7 Å². The van der Waals surface area contributed by atoms with Crippen LogP contribution in [0.15, 0.2) is 59.5 Å². The number of nitrogens with one attached hydrogen (secondary N) is 2. The molecule has 2 aliphatic heterocycles. The second-order valence-corrected chi connectivity index (χ2v) is 10.1. The number of aliphatic hydroxyl groups excluding tert-OH is 1. The van der Waals surface area contributed by atoms with Crippen LogP contribution in [0.2, 0.25) is 0 Å². The standard InChI is InChI=1S/C29H40N3O2/c1-6-8-22(7-2)18-27-29(31-26-17-20(3)9-10-25(26)30-27)11-13-32(14-12-29)28(33)23-15-21(4)16-24(19-23)34-5/h8-10,16-19,22-23,28,30-31,33H,7,11-15H2,1-5H3/q-1/b27-18-. The average molecular weight is 463 g/mol. The maximum absolute atomic E-state index is 11.3. The van der Waals surface area contributed by atoms with Crippen molar-refractivity contribution in [2.45, 2.75) is 65.1 Å². The molecule has 0 bridgehead atoms. The van der Waals surface area contributed by atoms with E-state index in [0.29, 0.717) is 5.92 Å². The summed E-state index contributed by atoms with van der Waals surface area (Å²) in [5.74, 6) is 1.25. The summed E-state index contributed by atoms with van der Waals surface area (Å²) in [5, 5.41) is 19.0. The molecule has 0 radical (unpaired) electrons. The molecule has 1 spiro atoms. The van der Waals surface area contributed by atoms with Crippen LogP contribution in [-0.4, -0.2) is 42.0 Å². The van der Waals surface area contributed by atoms with Crippen molar-refractivity contribution in [3.05, 3.63) is 71.2 Å². The Morgan fingerprint density at radius 2 is 2.03 bits per heavy atom. The van der Waals surface area contributed by atoms with Gasteiger partial charge in [0.05, 0.1) is 24.0 Å². The van der Waals surface area contributed by atoms with E-state index in [2.05, 4.69) is 84.9 Å². The molecule has 0 amide bonds. The minimum Gasteiger partial charge on any atom is -0.503 e. The lowest BCUT2D eigenvalue weighted by atomic mass is 9.79. The summed E-state index contributed by atoms with van der Waals surface area (Å²) in [4.78, 5) is 2.24. The number of allylic oxidation sites excluding steroid dienone is 5. The van der Waals surface area contributed by atoms with Crippen LogP contribution in [0.1, 0.15) is 52.0 Å². The molecule has 1 aromatic carbocycles. The quantitative estimate of drug-likeness (QED) is 0.469. The first-order valence-corrected chi connectivity index (χ1v) is 12.6. The largest absolute Gasteiger partial charge is 0.503 e. The van der Waals surface area contributed by atoms with E-state index in [1.165, 1.54) is 16.8 Å². The van der Waals surface area contributed by atoms with Crippen molar-refractivity contribution in [1.29, 1.82) is 0 Å². The Hall–Kier alpha value is -2.50. The molecule has 34 heavy (non-hydrogen) atoms. The number of aliphatic hydroxyl groups is 1. The molecular weight excluding hydrogens is 422 g/mol. The van der Waals surface area contributed by atoms with Crippen LogP contribution in [0.5, 0.6) is 0 Å². The van der Waals surface area contributed by atoms with Gasteiger partial charge in [-0.15, -0.1) is 0 Å². The van der Waals surface area contributed by atoms with Gasteiger partial charge in [0.25, 0.3) is 0 Å². The molecule has 3 unspecified atom stereocenters. The van der Waals surface area contributed by atoms with E-state index in [1.54, 1.807) is 7.11 Å². The molecule has 1 saturated heterocycles. The van der Waals surface area contributed by atoms with Crippen LogP contribution in [0, 0.1) is 24.8 Å². The SMILES string of the molecule is C[C-]=CC(/C=C1\Nc2ccc(C)cc2NC12CCN(C(O)C1C=C(OC)C=C(C)C1)CC2)CC. The number of anilines is 2. The Labute approximate surface area is 205 Å². The van der Waals surface area contributed by atoms with Gasteiger partial charge in [0.1, 0.15) is 12.0 Å². The highest BCUT2D eigenvalue weighted by molar-refractivity contribution is 5.77. The number of rotatable bonds is 6. The van der Waals surface area contributed by atoms with Crippen LogP contribution in [0.3, 0.4) is 0 Å². The fourth-order valence-electron chi connectivity index (χ4n) is 5.52. The van der Waals surface area contributed by atoms with Gasteiger partial charge in [0.2, 0.25) is 0 Å². The van der Waals surface area contributed by atoms with Crippen LogP contribution < -0.4 is 10.6 Å². The van der Waals surface area contributed by atoms with Crippen molar-refractivity contribution in [3.63, 3.8) is 0 Å². The zero-order valence-corrected chi connectivity index (χ0v) is 21.3. The van der Waals surface area contributed by atoms with Gasteiger partial charge >= 0.3 is 0 Å². The van der Waals surface area contributed by atoms with Crippen LogP contribution in [0.4, 0.5) is 11.4 Å². The third kappa shape index (κ3) is 5.11. The van der Waals surface area contributed by atoms with E-state index in [0.717, 1.165) is 55.9 Å². The summed E-state index contributed by atoms with van der Waals surface area (Å²) in [7, 11) is 1.69. The number of hydrogen-bond acceptors (Lipinski definition) is 5. The summed E-state index contributed by atoms with van der Waals surface area (Å²) in [6.45, 7) is 10.1. The summed E-state index contributed by atoms with van der Waals surface area (Å²) < 4.78 is 5.46. The first kappa shape index (κ1) is 24.6. The average Bonchev–Trinajstić information content (AvgIpc) is 2.83. The van der Waals surface area contributed by atoms with Crippen molar-refractivity contribution in [1.82, 2.24) is 4.90 Å². The van der Waals surface area contributed by atoms with Crippen LogP contribution >= 0.6 is 0 Å². The number of hydrogen-bond donors (Lipinski definition) is 3. The molecule has 184 valence electrons. The fourth-order valence-corrected chi connectivity index (χ4v) is 5.52. The fraction of sp³-hybridized carbons (Fsp3) is 0.517. The molecule has 4 rings (SSSR count). The molecular formula is C29H40N3O2-. The van der Waals surface area contributed by atoms with Gasteiger partial charge in [-0.2, -0.15) is 6.92 Å². The lowest BCUT2D eigenvalue weighted by molar-refractivity contribution is -0.0433. The van der Waals surface area contributed by atoms with E-state index in [-0.39, 0.29) is 11.5 Å². The number of fused-ring (bicyclic) bond motifs is 1. The summed E-state index contributed by atoms with van der Waals surface area (Å²) in [6.07, 6.45) is 15.1. The lowest BCUT2D eigenvalue weighted by Gasteiger charge is -2.49. The van der Waals surface area contributed by atoms with Crippen molar-refractivity contribution >= 4 is 11.4 Å². The third-order valence-corrected chi connectivity index (χ3v) is 7.54. The highest BCUT2D eigenvalue weighted by Crippen LogP contribution is 2.43. The number of piperidine rings is 1. The summed E-state index contributed by atoms with van der Waals surface area (Å²) >= 11 is 0. The molecule has 3 N–H and O–H groups in total. The highest BCUT2D eigenvalue weighted by Gasteiger charge is 2.43. The maximum atomic E-state index is 11.3. The Morgan fingerprint density at radius 1 is 1.26 bits per heavy atom. The van der Waals surface area contributed by atoms with Gasteiger partial charge in [0.15, 0.2) is 0 Å². The molecule has 1 fully saturated rings. The highest BCUT2D eigenvalue weighted by atomic mass is 16.5. The van der Waals surface area contributed by atoms with Gasteiger partial charge < -0.3 is 26.6 Å². The Balaban J connectivity index is 1.56. The predicted octanol–water partition coefficient (Wildman–Crippen LogP) is 5.77. The first-order chi connectivity index (χ1) is 16.4. The molecule has 3 aliphatic rings. The van der Waals surface area contributed by atoms with Gasteiger partial charge in [-0.1, -0.05) is 24.6 Å². The van der Waals surface area contributed by atoms with E-state index in [4.69, 9.17) is 4.74 Å². The second kappa shape index (κ2) is 10.4. The molecule has 0 aromatic heterocycles. The normalized spacial score (nSPS) is 25.2. The molecule has 1 aromatic rings.